The predicted octanol–water partition coefficient (Wildman–Crippen LogP) is 2.53. The lowest BCUT2D eigenvalue weighted by Gasteiger charge is -2.32. The van der Waals surface area contributed by atoms with Crippen molar-refractivity contribution in [1.82, 2.24) is 4.90 Å². The fourth-order valence-corrected chi connectivity index (χ4v) is 5.27. The van der Waals surface area contributed by atoms with Crippen molar-refractivity contribution in [2.75, 3.05) is 12.0 Å². The van der Waals surface area contributed by atoms with Crippen LogP contribution in [-0.2, 0) is 9.59 Å². The molecule has 0 saturated carbocycles. The van der Waals surface area contributed by atoms with E-state index in [9.17, 15) is 39.9 Å². The van der Waals surface area contributed by atoms with E-state index < -0.39 is 51.4 Å². The van der Waals surface area contributed by atoms with Gasteiger partial charge in [0.1, 0.15) is 17.5 Å². The van der Waals surface area contributed by atoms with E-state index in [1.165, 1.54) is 60.7 Å². The van der Waals surface area contributed by atoms with Gasteiger partial charge in [0.25, 0.3) is 11.4 Å². The number of Topliss-reactive ketones (excluding diaryl/α,β-unsaturated/α-hetero) is 1. The van der Waals surface area contributed by atoms with Crippen LogP contribution in [0.25, 0.3) is 0 Å². The van der Waals surface area contributed by atoms with Gasteiger partial charge in [-0.15, -0.1) is 0 Å². The lowest BCUT2D eigenvalue weighted by Crippen LogP contribution is -2.46. The Hall–Kier alpha value is -5.38. The topological polar surface area (TPSA) is 177 Å². The Labute approximate surface area is 214 Å². The Kier molecular flexibility index (Phi) is 5.71. The van der Waals surface area contributed by atoms with Gasteiger partial charge in [-0.3, -0.25) is 34.6 Å². The molecule has 3 heterocycles. The predicted molar refractivity (Wildman–Crippen MR) is 129 cm³/mol. The fraction of sp³-hybridized carbons (Fsp3) is 0.200. The molecular formula is C25H17N5O8. The molecule has 0 unspecified atom stereocenters. The van der Waals surface area contributed by atoms with Crippen LogP contribution in [0, 0.1) is 43.4 Å². The number of carbonyl (C=O) groups is 3. The van der Waals surface area contributed by atoms with Crippen LogP contribution in [0.3, 0.4) is 0 Å². The third kappa shape index (κ3) is 3.58. The molecule has 2 aromatic rings. The molecule has 13 heteroatoms. The summed E-state index contributed by atoms with van der Waals surface area (Å²) in [6.07, 6.45) is 4.39. The van der Waals surface area contributed by atoms with E-state index in [2.05, 4.69) is 0 Å². The Morgan fingerprint density at radius 1 is 1.03 bits per heavy atom. The number of nitro groups is 2. The minimum Gasteiger partial charge on any atom is -0.495 e. The summed E-state index contributed by atoms with van der Waals surface area (Å²) in [7, 11) is 1.28. The summed E-state index contributed by atoms with van der Waals surface area (Å²) >= 11 is 0. The molecule has 13 nitrogen and oxygen atoms in total. The highest BCUT2D eigenvalue weighted by Crippen LogP contribution is 2.48. The smallest absolute Gasteiger partial charge is 0.271 e. The first-order valence-corrected chi connectivity index (χ1v) is 11.2. The van der Waals surface area contributed by atoms with Crippen LogP contribution >= 0.6 is 0 Å². The molecule has 0 aliphatic carbocycles. The zero-order chi connectivity index (χ0) is 27.3. The number of fused-ring (bicyclic) bond motifs is 3. The number of non-ortho nitro benzene ring substituents is 2. The van der Waals surface area contributed by atoms with Crippen molar-refractivity contribution < 1.29 is 29.0 Å². The lowest BCUT2D eigenvalue weighted by molar-refractivity contribution is -0.385. The van der Waals surface area contributed by atoms with Crippen LogP contribution < -0.4 is 9.64 Å². The second-order valence-electron chi connectivity index (χ2n) is 8.78. The first-order valence-electron chi connectivity index (χ1n) is 11.2. The van der Waals surface area contributed by atoms with Crippen molar-refractivity contribution in [3.8, 4) is 11.8 Å². The molecule has 0 radical (unpaired) electrons. The highest BCUT2D eigenvalue weighted by molar-refractivity contribution is 6.25. The van der Waals surface area contributed by atoms with E-state index in [1.807, 2.05) is 6.07 Å². The van der Waals surface area contributed by atoms with Gasteiger partial charge in [-0.25, -0.2) is 4.90 Å². The average Bonchev–Trinajstić information content (AvgIpc) is 3.39. The third-order valence-electron chi connectivity index (χ3n) is 6.90. The number of allylic oxidation sites excluding steroid dienone is 2. The number of nitro benzene ring substituents is 2. The molecule has 2 saturated heterocycles. The van der Waals surface area contributed by atoms with E-state index in [0.29, 0.717) is 0 Å². The maximum Gasteiger partial charge on any atom is 0.271 e. The Morgan fingerprint density at radius 2 is 1.71 bits per heavy atom. The maximum atomic E-state index is 13.8. The van der Waals surface area contributed by atoms with Crippen LogP contribution in [0.1, 0.15) is 10.4 Å². The van der Waals surface area contributed by atoms with Crippen LogP contribution in [0.15, 0.2) is 66.4 Å². The van der Waals surface area contributed by atoms with Crippen LogP contribution in [0.5, 0.6) is 5.75 Å². The number of benzene rings is 2. The van der Waals surface area contributed by atoms with Gasteiger partial charge in [-0.1, -0.05) is 12.1 Å². The molecule has 3 aliphatic heterocycles. The van der Waals surface area contributed by atoms with Crippen molar-refractivity contribution in [2.45, 2.75) is 12.1 Å². The lowest BCUT2D eigenvalue weighted by atomic mass is 9.86. The molecule has 3 aliphatic rings. The summed E-state index contributed by atoms with van der Waals surface area (Å²) in [6.45, 7) is 0. The Morgan fingerprint density at radius 3 is 2.37 bits per heavy atom. The van der Waals surface area contributed by atoms with E-state index in [4.69, 9.17) is 4.74 Å². The van der Waals surface area contributed by atoms with Gasteiger partial charge >= 0.3 is 0 Å². The molecule has 0 aromatic heterocycles. The molecule has 38 heavy (non-hydrogen) atoms. The number of hydrogen-bond acceptors (Lipinski definition) is 10. The average molecular weight is 515 g/mol. The third-order valence-corrected chi connectivity index (χ3v) is 6.90. The first kappa shape index (κ1) is 24.3. The summed E-state index contributed by atoms with van der Waals surface area (Å²) in [6, 6.07) is 8.41. The Bertz CT molecular complexity index is 1540. The maximum absolute atomic E-state index is 13.8. The standard InChI is InChI=1S/C25H17N5O8/c1-38-19-6-5-16(30(36)37)11-17(19)28-24(32)20-18-9-13(12-26)7-8-27(18)22(21(20)25(28)33)23(31)14-3-2-4-15(10-14)29(34)35/h2-11,18,20-22H,1H3/t18-,20+,21+,22-/m0/s1. The van der Waals surface area contributed by atoms with Gasteiger partial charge in [-0.05, 0) is 18.2 Å². The molecule has 5 rings (SSSR count). The monoisotopic (exact) mass is 515 g/mol. The number of ketones is 1. The molecule has 2 fully saturated rings. The summed E-state index contributed by atoms with van der Waals surface area (Å²) in [5.74, 6) is -4.43. The summed E-state index contributed by atoms with van der Waals surface area (Å²) in [4.78, 5) is 65.0. The number of nitrogens with zero attached hydrogens (tertiary/aromatic N) is 5. The number of nitriles is 1. The summed E-state index contributed by atoms with van der Waals surface area (Å²) in [5.41, 5.74) is -0.648. The van der Waals surface area contributed by atoms with Gasteiger partial charge in [0.2, 0.25) is 11.8 Å². The minimum atomic E-state index is -1.23. The first-order chi connectivity index (χ1) is 18.2. The van der Waals surface area contributed by atoms with Crippen LogP contribution in [0.2, 0.25) is 0 Å². The highest BCUT2D eigenvalue weighted by atomic mass is 16.6. The fourth-order valence-electron chi connectivity index (χ4n) is 5.27. The molecule has 0 spiro atoms. The van der Waals surface area contributed by atoms with Gasteiger partial charge in [-0.2, -0.15) is 5.26 Å². The number of anilines is 1. The number of methoxy groups -OCH3 is 1. The van der Waals surface area contributed by atoms with Crippen molar-refractivity contribution >= 4 is 34.7 Å². The van der Waals surface area contributed by atoms with Gasteiger partial charge in [0, 0.05) is 36.0 Å². The Balaban J connectivity index is 1.64. The SMILES string of the molecule is COc1ccc([N+](=O)[O-])cc1N1C(=O)[C@@H]2[C@H](C1=O)[C@@H]1C=C(C#N)C=CN1[C@@H]2C(=O)c1cccc([N+](=O)[O-])c1. The number of carbonyl (C=O) groups excluding carboxylic acids is 3. The number of rotatable bonds is 6. The van der Waals surface area contributed by atoms with Crippen molar-refractivity contribution in [3.63, 3.8) is 0 Å². The normalized spacial score (nSPS) is 23.4. The van der Waals surface area contributed by atoms with E-state index in [0.717, 1.165) is 17.0 Å². The van der Waals surface area contributed by atoms with E-state index >= 15 is 0 Å². The molecule has 2 amide bonds. The number of amides is 2. The molecule has 4 atom stereocenters. The van der Waals surface area contributed by atoms with Gasteiger partial charge in [0.15, 0.2) is 5.78 Å². The second kappa shape index (κ2) is 8.93. The zero-order valence-corrected chi connectivity index (χ0v) is 19.6. The van der Waals surface area contributed by atoms with Crippen LogP contribution in [-0.4, -0.2) is 51.5 Å². The number of ether oxygens (including phenoxy) is 1. The molecule has 2 aromatic carbocycles. The van der Waals surface area contributed by atoms with Crippen molar-refractivity contribution in [1.29, 1.82) is 5.26 Å². The molecule has 0 bridgehead atoms. The van der Waals surface area contributed by atoms with Crippen molar-refractivity contribution in [3.05, 3.63) is 92.2 Å². The largest absolute Gasteiger partial charge is 0.495 e. The number of imide groups is 1. The molecule has 0 N–H and O–H groups in total. The zero-order valence-electron chi connectivity index (χ0n) is 19.6. The van der Waals surface area contributed by atoms with E-state index in [-0.39, 0.29) is 33.9 Å². The quantitative estimate of drug-likeness (QED) is 0.240. The van der Waals surface area contributed by atoms with Gasteiger partial charge in [0.05, 0.1) is 46.5 Å². The van der Waals surface area contributed by atoms with Crippen molar-refractivity contribution in [2.24, 2.45) is 11.8 Å². The molecule has 190 valence electrons. The summed E-state index contributed by atoms with van der Waals surface area (Å²) < 4.78 is 5.26. The minimum absolute atomic E-state index is 0.0290. The van der Waals surface area contributed by atoms with Gasteiger partial charge < -0.3 is 9.64 Å². The highest BCUT2D eigenvalue weighted by Gasteiger charge is 2.64. The van der Waals surface area contributed by atoms with E-state index in [1.54, 1.807) is 0 Å². The number of hydrogen-bond donors (Lipinski definition) is 0. The summed E-state index contributed by atoms with van der Waals surface area (Å²) in [5, 5.41) is 32.1. The van der Waals surface area contributed by atoms with Crippen LogP contribution in [0.4, 0.5) is 17.1 Å². The second-order valence-corrected chi connectivity index (χ2v) is 8.78. The molecular weight excluding hydrogens is 498 g/mol.